The predicted octanol–water partition coefficient (Wildman–Crippen LogP) is 3.90. The van der Waals surface area contributed by atoms with Crippen LogP contribution in [-0.2, 0) is 0 Å². The second-order valence-electron chi connectivity index (χ2n) is 5.55. The number of anilines is 1. The zero-order valence-corrected chi connectivity index (χ0v) is 16.7. The lowest BCUT2D eigenvalue weighted by Gasteiger charge is -2.15. The maximum atomic E-state index is 12.6. The van der Waals surface area contributed by atoms with Crippen molar-refractivity contribution in [1.29, 1.82) is 0 Å². The Kier molecular flexibility index (Phi) is 6.33. The molecule has 2 aromatic carbocycles. The number of carbonyl (C=O) groups excluding carboxylic acids is 1. The number of methoxy groups -OCH3 is 1. The number of halogens is 1. The van der Waals surface area contributed by atoms with Gasteiger partial charge < -0.3 is 15.2 Å². The zero-order chi connectivity index (χ0) is 19.4. The number of benzene rings is 2. The van der Waals surface area contributed by atoms with Crippen LogP contribution < -0.4 is 15.4 Å². The Labute approximate surface area is 164 Å². The third kappa shape index (κ3) is 4.59. The van der Waals surface area contributed by atoms with E-state index in [2.05, 4.69) is 26.6 Å². The van der Waals surface area contributed by atoms with Gasteiger partial charge in [-0.05, 0) is 61.5 Å². The SMILES string of the molecule is COc1c(C)cc(Br)cc1C(=O)NC(=S)Nc1cc(C(=O)O)ccc1C. The molecule has 0 fully saturated rings. The van der Waals surface area contributed by atoms with Crippen molar-refractivity contribution in [2.45, 2.75) is 13.8 Å². The van der Waals surface area contributed by atoms with Crippen molar-refractivity contribution in [3.63, 3.8) is 0 Å². The van der Waals surface area contributed by atoms with Crippen LogP contribution in [0.2, 0.25) is 0 Å². The van der Waals surface area contributed by atoms with Gasteiger partial charge in [0, 0.05) is 10.2 Å². The van der Waals surface area contributed by atoms with Crippen molar-refractivity contribution >= 4 is 50.8 Å². The number of thiocarbonyl (C=S) groups is 1. The fourth-order valence-corrected chi connectivity index (χ4v) is 3.16. The zero-order valence-electron chi connectivity index (χ0n) is 14.3. The second-order valence-corrected chi connectivity index (χ2v) is 6.87. The Morgan fingerprint density at radius 2 is 1.85 bits per heavy atom. The van der Waals surface area contributed by atoms with Crippen molar-refractivity contribution in [1.82, 2.24) is 5.32 Å². The highest BCUT2D eigenvalue weighted by molar-refractivity contribution is 9.10. The minimum absolute atomic E-state index is 0.0559. The number of nitrogens with one attached hydrogen (secondary N) is 2. The number of ether oxygens (including phenoxy) is 1. The van der Waals surface area contributed by atoms with Crippen LogP contribution in [0.25, 0.3) is 0 Å². The number of carboxylic acid groups (broad SMARTS) is 1. The van der Waals surface area contributed by atoms with Crippen LogP contribution >= 0.6 is 28.1 Å². The first-order valence-corrected chi connectivity index (χ1v) is 8.73. The van der Waals surface area contributed by atoms with Gasteiger partial charge in [0.25, 0.3) is 5.91 Å². The summed E-state index contributed by atoms with van der Waals surface area (Å²) < 4.78 is 6.04. The summed E-state index contributed by atoms with van der Waals surface area (Å²) in [6, 6.07) is 8.10. The van der Waals surface area contributed by atoms with Gasteiger partial charge in [-0.15, -0.1) is 0 Å². The van der Waals surface area contributed by atoms with Crippen molar-refractivity contribution in [3.05, 3.63) is 57.1 Å². The minimum Gasteiger partial charge on any atom is -0.496 e. The van der Waals surface area contributed by atoms with Gasteiger partial charge in [-0.3, -0.25) is 10.1 Å². The third-order valence-corrected chi connectivity index (χ3v) is 4.31. The van der Waals surface area contributed by atoms with E-state index in [1.165, 1.54) is 19.2 Å². The number of rotatable bonds is 4. The lowest BCUT2D eigenvalue weighted by Crippen LogP contribution is -2.34. The maximum absolute atomic E-state index is 12.6. The first-order valence-electron chi connectivity index (χ1n) is 7.53. The van der Waals surface area contributed by atoms with Crippen LogP contribution in [0.3, 0.4) is 0 Å². The number of hydrogen-bond donors (Lipinski definition) is 3. The molecule has 1 amide bonds. The average molecular weight is 437 g/mol. The molecule has 26 heavy (non-hydrogen) atoms. The van der Waals surface area contributed by atoms with Crippen molar-refractivity contribution in [2.24, 2.45) is 0 Å². The summed E-state index contributed by atoms with van der Waals surface area (Å²) in [5.74, 6) is -1.02. The molecule has 0 aliphatic carbocycles. The monoisotopic (exact) mass is 436 g/mol. The molecule has 0 saturated carbocycles. The summed E-state index contributed by atoms with van der Waals surface area (Å²) in [4.78, 5) is 23.7. The van der Waals surface area contributed by atoms with E-state index in [0.717, 1.165) is 15.6 Å². The molecule has 3 N–H and O–H groups in total. The van der Waals surface area contributed by atoms with Gasteiger partial charge in [-0.1, -0.05) is 22.0 Å². The molecule has 0 bridgehead atoms. The van der Waals surface area contributed by atoms with Crippen LogP contribution in [0.1, 0.15) is 31.8 Å². The standard InChI is InChI=1S/C18H17BrN2O4S/c1-9-4-5-11(17(23)24)7-14(9)20-18(26)21-16(22)13-8-12(19)6-10(2)15(13)25-3/h4-8H,1-3H3,(H,23,24)(H2,20,21,22,26). The summed E-state index contributed by atoms with van der Waals surface area (Å²) >= 11 is 8.54. The number of aryl methyl sites for hydroxylation is 2. The lowest BCUT2D eigenvalue weighted by atomic mass is 10.1. The molecule has 0 radical (unpaired) electrons. The Morgan fingerprint density at radius 1 is 1.15 bits per heavy atom. The minimum atomic E-state index is -1.04. The highest BCUT2D eigenvalue weighted by Crippen LogP contribution is 2.27. The van der Waals surface area contributed by atoms with Crippen molar-refractivity contribution in [3.8, 4) is 5.75 Å². The average Bonchev–Trinajstić information content (AvgIpc) is 2.55. The van der Waals surface area contributed by atoms with E-state index in [-0.39, 0.29) is 10.7 Å². The molecule has 0 atom stereocenters. The molecule has 2 rings (SSSR count). The van der Waals surface area contributed by atoms with Gasteiger partial charge in [0.1, 0.15) is 5.75 Å². The smallest absolute Gasteiger partial charge is 0.335 e. The third-order valence-electron chi connectivity index (χ3n) is 3.65. The molecule has 136 valence electrons. The molecule has 8 heteroatoms. The molecular weight excluding hydrogens is 420 g/mol. The summed E-state index contributed by atoms with van der Waals surface area (Å²) in [6.07, 6.45) is 0. The van der Waals surface area contributed by atoms with Crippen molar-refractivity contribution < 1.29 is 19.4 Å². The molecule has 0 aliphatic heterocycles. The van der Waals surface area contributed by atoms with Crippen LogP contribution in [0.5, 0.6) is 5.75 Å². The number of carboxylic acids is 1. The van der Waals surface area contributed by atoms with Crippen LogP contribution in [-0.4, -0.2) is 29.2 Å². The highest BCUT2D eigenvalue weighted by atomic mass is 79.9. The summed E-state index contributed by atoms with van der Waals surface area (Å²) in [7, 11) is 1.49. The van der Waals surface area contributed by atoms with E-state index in [0.29, 0.717) is 17.0 Å². The molecule has 6 nitrogen and oxygen atoms in total. The number of carbonyl (C=O) groups is 2. The predicted molar refractivity (Wildman–Crippen MR) is 107 cm³/mol. The molecule has 0 aliphatic rings. The summed E-state index contributed by atoms with van der Waals surface area (Å²) in [6.45, 7) is 3.64. The Bertz CT molecular complexity index is 899. The van der Waals surface area contributed by atoms with Gasteiger partial charge in [0.05, 0.1) is 18.2 Å². The Balaban J connectivity index is 2.20. The number of aromatic carboxylic acids is 1. The Morgan fingerprint density at radius 3 is 2.46 bits per heavy atom. The van der Waals surface area contributed by atoms with Gasteiger partial charge in [0.15, 0.2) is 5.11 Å². The molecular formula is C18H17BrN2O4S. The van der Waals surface area contributed by atoms with E-state index in [1.807, 2.05) is 13.0 Å². The molecule has 0 spiro atoms. The molecule has 0 heterocycles. The molecule has 0 aromatic heterocycles. The lowest BCUT2D eigenvalue weighted by molar-refractivity contribution is 0.0696. The first-order chi connectivity index (χ1) is 12.2. The van der Waals surface area contributed by atoms with E-state index >= 15 is 0 Å². The number of hydrogen-bond acceptors (Lipinski definition) is 4. The Hall–Kier alpha value is -2.45. The van der Waals surface area contributed by atoms with E-state index in [9.17, 15) is 9.59 Å². The first kappa shape index (κ1) is 19.9. The van der Waals surface area contributed by atoms with E-state index in [4.69, 9.17) is 22.1 Å². The fourth-order valence-electron chi connectivity index (χ4n) is 2.38. The molecule has 0 saturated heterocycles. The molecule has 0 unspecified atom stereocenters. The van der Waals surface area contributed by atoms with Gasteiger partial charge in [-0.2, -0.15) is 0 Å². The van der Waals surface area contributed by atoms with Crippen molar-refractivity contribution in [2.75, 3.05) is 12.4 Å². The largest absolute Gasteiger partial charge is 0.496 e. The maximum Gasteiger partial charge on any atom is 0.335 e. The fraction of sp³-hybridized carbons (Fsp3) is 0.167. The van der Waals surface area contributed by atoms with E-state index < -0.39 is 11.9 Å². The second kappa shape index (κ2) is 8.29. The van der Waals surface area contributed by atoms with Gasteiger partial charge >= 0.3 is 5.97 Å². The van der Waals surface area contributed by atoms with Crippen LogP contribution in [0, 0.1) is 13.8 Å². The van der Waals surface area contributed by atoms with Crippen LogP contribution in [0.4, 0.5) is 5.69 Å². The highest BCUT2D eigenvalue weighted by Gasteiger charge is 2.17. The van der Waals surface area contributed by atoms with Crippen LogP contribution in [0.15, 0.2) is 34.8 Å². The van der Waals surface area contributed by atoms with Gasteiger partial charge in [-0.25, -0.2) is 4.79 Å². The quantitative estimate of drug-likeness (QED) is 0.629. The topological polar surface area (TPSA) is 87.7 Å². The van der Waals surface area contributed by atoms with E-state index in [1.54, 1.807) is 19.1 Å². The normalized spacial score (nSPS) is 10.2. The summed E-state index contributed by atoms with van der Waals surface area (Å²) in [5.41, 5.74) is 2.56. The van der Waals surface area contributed by atoms with Gasteiger partial charge in [0.2, 0.25) is 0 Å². The molecule has 2 aromatic rings. The summed E-state index contributed by atoms with van der Waals surface area (Å²) in [5, 5.41) is 14.6. The number of amides is 1.